The maximum atomic E-state index is 5.25. The van der Waals surface area contributed by atoms with Gasteiger partial charge in [-0.15, -0.1) is 0 Å². The Kier molecular flexibility index (Phi) is 5.72. The predicted octanol–water partition coefficient (Wildman–Crippen LogP) is 10.9. The van der Waals surface area contributed by atoms with Crippen molar-refractivity contribution >= 4 is 43.6 Å². The molecule has 0 radical (unpaired) electrons. The van der Waals surface area contributed by atoms with E-state index in [1.54, 1.807) is 0 Å². The number of fused-ring (bicyclic) bond motifs is 6. The Hall–Kier alpha value is -5.93. The Morgan fingerprint density at radius 3 is 1.11 bits per heavy atom. The van der Waals surface area contributed by atoms with Gasteiger partial charge in [0, 0.05) is 44.0 Å². The molecule has 9 rings (SSSR count). The summed E-state index contributed by atoms with van der Waals surface area (Å²) in [6.07, 6.45) is 0. The Morgan fingerprint density at radius 1 is 0.378 bits per heavy atom. The van der Waals surface area contributed by atoms with Crippen LogP contribution in [0.2, 0.25) is 0 Å². The summed E-state index contributed by atoms with van der Waals surface area (Å²) in [5.41, 5.74) is 12.4. The number of rotatable bonds is 4. The van der Waals surface area contributed by atoms with Gasteiger partial charge in [-0.25, -0.2) is 4.98 Å². The molecule has 0 N–H and O–H groups in total. The van der Waals surface area contributed by atoms with Crippen LogP contribution in [0.3, 0.4) is 0 Å². The van der Waals surface area contributed by atoms with Crippen LogP contribution >= 0.6 is 0 Å². The maximum absolute atomic E-state index is 5.25. The lowest BCUT2D eigenvalue weighted by Crippen LogP contribution is -1.97. The van der Waals surface area contributed by atoms with Crippen molar-refractivity contribution in [2.75, 3.05) is 0 Å². The predicted molar refractivity (Wildman–Crippen MR) is 189 cm³/mol. The molecule has 0 spiro atoms. The Bertz CT molecular complexity index is 2280. The van der Waals surface area contributed by atoms with Crippen molar-refractivity contribution in [3.05, 3.63) is 163 Å². The van der Waals surface area contributed by atoms with Crippen molar-refractivity contribution in [1.29, 1.82) is 0 Å². The first-order valence-corrected chi connectivity index (χ1v) is 15.4. The maximum Gasteiger partial charge on any atom is 0.0712 e. The lowest BCUT2D eigenvalue weighted by Gasteiger charge is -2.13. The summed E-state index contributed by atoms with van der Waals surface area (Å²) in [5.74, 6) is 0. The molecule has 6 aromatic carbocycles. The Morgan fingerprint density at radius 2 is 0.733 bits per heavy atom. The lowest BCUT2D eigenvalue weighted by molar-refractivity contribution is 1.17. The molecule has 45 heavy (non-hydrogen) atoms. The normalized spacial score (nSPS) is 11.7. The molecule has 3 heterocycles. The zero-order chi connectivity index (χ0) is 29.9. The molecular weight excluding hydrogens is 546 g/mol. The Labute approximate surface area is 261 Å². The van der Waals surface area contributed by atoms with Gasteiger partial charge in [0.05, 0.1) is 33.5 Å². The third-order valence-electron chi connectivity index (χ3n) is 8.93. The molecule has 212 valence electrons. The van der Waals surface area contributed by atoms with Gasteiger partial charge in [-0.1, -0.05) is 97.1 Å². The van der Waals surface area contributed by atoms with Crippen LogP contribution < -0.4 is 0 Å². The number of benzene rings is 6. The standard InChI is InChI=1S/C42H29N3/c1-28-24-37(29-12-10-14-31(26-29)44-39-20-6-2-16-33(39)34-17-3-7-21-40(34)44)43-38(25-28)30-13-11-15-32(27-30)45-41-22-8-4-18-35(41)36-19-5-9-23-42(36)45/h2-27H,1H3. The van der Waals surface area contributed by atoms with Gasteiger partial charge in [-0.3, -0.25) is 0 Å². The van der Waals surface area contributed by atoms with Gasteiger partial charge in [0.2, 0.25) is 0 Å². The molecule has 0 saturated carbocycles. The molecule has 0 fully saturated rings. The molecule has 0 aliphatic carbocycles. The number of aryl methyl sites for hydroxylation is 1. The average Bonchev–Trinajstić information content (AvgIpc) is 3.61. The second-order valence-electron chi connectivity index (χ2n) is 11.8. The van der Waals surface area contributed by atoms with Crippen LogP contribution in [0, 0.1) is 6.92 Å². The number of aromatic nitrogens is 3. The van der Waals surface area contributed by atoms with Crippen molar-refractivity contribution in [1.82, 2.24) is 14.1 Å². The number of nitrogens with zero attached hydrogens (tertiary/aromatic N) is 3. The van der Waals surface area contributed by atoms with Crippen molar-refractivity contribution in [3.8, 4) is 33.9 Å². The largest absolute Gasteiger partial charge is 0.309 e. The van der Waals surface area contributed by atoms with Crippen LogP contribution in [-0.2, 0) is 0 Å². The highest BCUT2D eigenvalue weighted by Gasteiger charge is 2.15. The van der Waals surface area contributed by atoms with Crippen LogP contribution in [0.4, 0.5) is 0 Å². The van der Waals surface area contributed by atoms with Gasteiger partial charge in [0.25, 0.3) is 0 Å². The first kappa shape index (κ1) is 25.6. The molecule has 3 heteroatoms. The molecule has 0 aliphatic heterocycles. The van der Waals surface area contributed by atoms with E-state index in [1.165, 1.54) is 49.2 Å². The molecule has 0 amide bonds. The minimum Gasteiger partial charge on any atom is -0.309 e. The number of hydrogen-bond acceptors (Lipinski definition) is 1. The second kappa shape index (κ2) is 10.1. The molecular formula is C42H29N3. The van der Waals surface area contributed by atoms with E-state index < -0.39 is 0 Å². The SMILES string of the molecule is Cc1cc(-c2cccc(-n3c4ccccc4c4ccccc43)c2)nc(-c2cccc(-n3c4ccccc4c4ccccc43)c2)c1. The fraction of sp³-hybridized carbons (Fsp3) is 0.0238. The van der Waals surface area contributed by atoms with Crippen LogP contribution in [0.25, 0.3) is 77.5 Å². The second-order valence-corrected chi connectivity index (χ2v) is 11.8. The third kappa shape index (κ3) is 4.09. The van der Waals surface area contributed by atoms with Crippen molar-refractivity contribution < 1.29 is 0 Å². The zero-order valence-electron chi connectivity index (χ0n) is 24.9. The first-order chi connectivity index (χ1) is 22.2. The van der Waals surface area contributed by atoms with Crippen LogP contribution in [0.1, 0.15) is 5.56 Å². The summed E-state index contributed by atoms with van der Waals surface area (Å²) in [5, 5.41) is 5.05. The smallest absolute Gasteiger partial charge is 0.0712 e. The zero-order valence-corrected chi connectivity index (χ0v) is 24.9. The number of pyridine rings is 1. The molecule has 0 unspecified atom stereocenters. The summed E-state index contributed by atoms with van der Waals surface area (Å²) < 4.78 is 4.72. The van der Waals surface area contributed by atoms with E-state index >= 15 is 0 Å². The van der Waals surface area contributed by atoms with Gasteiger partial charge in [0.15, 0.2) is 0 Å². The molecule has 3 nitrogen and oxygen atoms in total. The molecule has 3 aromatic heterocycles. The minimum atomic E-state index is 0.967. The average molecular weight is 576 g/mol. The number of hydrogen-bond donors (Lipinski definition) is 0. The molecule has 0 aliphatic rings. The topological polar surface area (TPSA) is 22.8 Å². The van der Waals surface area contributed by atoms with Crippen LogP contribution in [0.15, 0.2) is 158 Å². The van der Waals surface area contributed by atoms with E-state index in [-0.39, 0.29) is 0 Å². The Balaban J connectivity index is 1.17. The van der Waals surface area contributed by atoms with Crippen LogP contribution in [-0.4, -0.2) is 14.1 Å². The third-order valence-corrected chi connectivity index (χ3v) is 8.93. The quantitative estimate of drug-likeness (QED) is 0.205. The lowest BCUT2D eigenvalue weighted by atomic mass is 10.0. The van der Waals surface area contributed by atoms with E-state index in [1.807, 2.05) is 0 Å². The summed E-state index contributed by atoms with van der Waals surface area (Å²) >= 11 is 0. The highest BCUT2D eigenvalue weighted by Crippen LogP contribution is 2.35. The summed E-state index contributed by atoms with van der Waals surface area (Å²) in [4.78, 5) is 5.25. The first-order valence-electron chi connectivity index (χ1n) is 15.4. The molecule has 0 atom stereocenters. The fourth-order valence-corrected chi connectivity index (χ4v) is 6.97. The van der Waals surface area contributed by atoms with Crippen molar-refractivity contribution in [3.63, 3.8) is 0 Å². The van der Waals surface area contributed by atoms with Gasteiger partial charge >= 0.3 is 0 Å². The highest BCUT2D eigenvalue weighted by molar-refractivity contribution is 6.10. The minimum absolute atomic E-state index is 0.967. The summed E-state index contributed by atoms with van der Waals surface area (Å²) in [7, 11) is 0. The summed E-state index contributed by atoms with van der Waals surface area (Å²) in [6, 6.07) is 56.4. The van der Waals surface area contributed by atoms with E-state index in [0.717, 1.165) is 33.9 Å². The highest BCUT2D eigenvalue weighted by atomic mass is 15.0. The van der Waals surface area contributed by atoms with Crippen molar-refractivity contribution in [2.24, 2.45) is 0 Å². The fourth-order valence-electron chi connectivity index (χ4n) is 6.97. The number of para-hydroxylation sites is 4. The van der Waals surface area contributed by atoms with E-state index in [2.05, 4.69) is 174 Å². The van der Waals surface area contributed by atoms with Crippen molar-refractivity contribution in [2.45, 2.75) is 6.92 Å². The summed E-state index contributed by atoms with van der Waals surface area (Å²) in [6.45, 7) is 2.16. The van der Waals surface area contributed by atoms with Gasteiger partial charge in [-0.2, -0.15) is 0 Å². The van der Waals surface area contributed by atoms with Crippen LogP contribution in [0.5, 0.6) is 0 Å². The molecule has 9 aromatic rings. The van der Waals surface area contributed by atoms with E-state index in [9.17, 15) is 0 Å². The monoisotopic (exact) mass is 575 g/mol. The van der Waals surface area contributed by atoms with Gasteiger partial charge in [-0.05, 0) is 73.2 Å². The van der Waals surface area contributed by atoms with Gasteiger partial charge in [0.1, 0.15) is 0 Å². The molecule has 0 saturated heterocycles. The van der Waals surface area contributed by atoms with E-state index in [0.29, 0.717) is 0 Å². The molecule has 0 bridgehead atoms. The van der Waals surface area contributed by atoms with E-state index in [4.69, 9.17) is 4.98 Å². The van der Waals surface area contributed by atoms with Gasteiger partial charge < -0.3 is 9.13 Å².